The van der Waals surface area contributed by atoms with Crippen LogP contribution in [0, 0.1) is 0 Å². The normalized spacial score (nSPS) is 19.2. The third-order valence-corrected chi connectivity index (χ3v) is 5.05. The maximum atomic E-state index is 12.0. The van der Waals surface area contributed by atoms with Crippen LogP contribution in [-0.4, -0.2) is 47.7 Å². The summed E-state index contributed by atoms with van der Waals surface area (Å²) in [5, 5.41) is 3.38. The minimum Gasteiger partial charge on any atom is -0.484 e. The Kier molecular flexibility index (Phi) is 6.88. The van der Waals surface area contributed by atoms with E-state index in [-0.39, 0.29) is 24.7 Å². The van der Waals surface area contributed by atoms with Gasteiger partial charge in [-0.1, -0.05) is 23.8 Å². The van der Waals surface area contributed by atoms with E-state index in [0.717, 1.165) is 23.6 Å². The molecule has 0 aromatic heterocycles. The number of morpholine rings is 1. The molecule has 1 N–H and O–H groups in total. The summed E-state index contributed by atoms with van der Waals surface area (Å²) < 4.78 is 11.3. The van der Waals surface area contributed by atoms with Crippen molar-refractivity contribution in [2.24, 2.45) is 0 Å². The van der Waals surface area contributed by atoms with Crippen molar-refractivity contribution in [3.63, 3.8) is 0 Å². The van der Waals surface area contributed by atoms with Crippen molar-refractivity contribution in [3.05, 3.63) is 59.1 Å². The van der Waals surface area contributed by atoms with Crippen LogP contribution in [0.2, 0.25) is 5.02 Å². The van der Waals surface area contributed by atoms with E-state index in [1.807, 2.05) is 24.3 Å². The summed E-state index contributed by atoms with van der Waals surface area (Å²) in [6.45, 7) is 5.60. The fourth-order valence-corrected chi connectivity index (χ4v) is 3.51. The van der Waals surface area contributed by atoms with E-state index in [2.05, 4.69) is 24.1 Å². The summed E-state index contributed by atoms with van der Waals surface area (Å²) in [4.78, 5) is 15.0. The minimum absolute atomic E-state index is 0.0785. The van der Waals surface area contributed by atoms with Crippen LogP contribution in [0.25, 0.3) is 0 Å². The van der Waals surface area contributed by atoms with Crippen molar-refractivity contribution in [2.75, 3.05) is 25.0 Å². The van der Waals surface area contributed by atoms with Crippen LogP contribution in [-0.2, 0) is 9.53 Å². The molecule has 7 heteroatoms. The number of rotatable bonds is 5. The average Bonchev–Trinajstić information content (AvgIpc) is 2.67. The SMILES string of the molecule is C[C@@H]1CN(C(=S)c2ccc(OCC(=O)Nc3ccc(Cl)cc3)cc2)C[C@H](C)O1. The number of thiocarbonyl (C=S) groups is 1. The predicted octanol–water partition coefficient (Wildman–Crippen LogP) is 4.14. The lowest BCUT2D eigenvalue weighted by Gasteiger charge is -2.37. The van der Waals surface area contributed by atoms with Crippen molar-refractivity contribution in [2.45, 2.75) is 26.1 Å². The van der Waals surface area contributed by atoms with Gasteiger partial charge in [0.05, 0.1) is 12.2 Å². The van der Waals surface area contributed by atoms with Crippen LogP contribution in [0.15, 0.2) is 48.5 Å². The van der Waals surface area contributed by atoms with Crippen molar-refractivity contribution in [1.29, 1.82) is 0 Å². The summed E-state index contributed by atoms with van der Waals surface area (Å²) in [6.07, 6.45) is 0.312. The van der Waals surface area contributed by atoms with Crippen molar-refractivity contribution < 1.29 is 14.3 Å². The fourth-order valence-electron chi connectivity index (χ4n) is 3.10. The molecule has 0 saturated carbocycles. The van der Waals surface area contributed by atoms with E-state index in [1.165, 1.54) is 0 Å². The minimum atomic E-state index is -0.238. The molecule has 0 unspecified atom stereocenters. The first-order valence-corrected chi connectivity index (χ1v) is 9.92. The molecule has 0 radical (unpaired) electrons. The van der Waals surface area contributed by atoms with Gasteiger partial charge in [0.15, 0.2) is 6.61 Å². The van der Waals surface area contributed by atoms with Gasteiger partial charge in [-0.05, 0) is 62.4 Å². The summed E-state index contributed by atoms with van der Waals surface area (Å²) in [5.41, 5.74) is 1.63. The van der Waals surface area contributed by atoms with Crippen LogP contribution >= 0.6 is 23.8 Å². The zero-order valence-electron chi connectivity index (χ0n) is 15.9. The number of carbonyl (C=O) groups is 1. The average molecular weight is 419 g/mol. The first kappa shape index (κ1) is 20.6. The molecular weight excluding hydrogens is 396 g/mol. The summed E-state index contributed by atoms with van der Waals surface area (Å²) >= 11 is 11.5. The summed E-state index contributed by atoms with van der Waals surface area (Å²) in [5.74, 6) is 0.375. The number of benzene rings is 2. The van der Waals surface area contributed by atoms with Crippen LogP contribution in [0.4, 0.5) is 5.69 Å². The second-order valence-electron chi connectivity index (χ2n) is 6.84. The second-order valence-corrected chi connectivity index (χ2v) is 7.66. The molecule has 1 heterocycles. The van der Waals surface area contributed by atoms with E-state index in [4.69, 9.17) is 33.3 Å². The third kappa shape index (κ3) is 5.67. The number of nitrogens with one attached hydrogen (secondary N) is 1. The quantitative estimate of drug-likeness (QED) is 0.739. The summed E-state index contributed by atoms with van der Waals surface area (Å²) in [6, 6.07) is 14.4. The first-order valence-electron chi connectivity index (χ1n) is 9.13. The molecule has 1 aliphatic heterocycles. The van der Waals surface area contributed by atoms with Gasteiger partial charge in [-0.25, -0.2) is 0 Å². The van der Waals surface area contributed by atoms with Crippen molar-refractivity contribution >= 4 is 40.4 Å². The largest absolute Gasteiger partial charge is 0.484 e. The second kappa shape index (κ2) is 9.37. The number of hydrogen-bond acceptors (Lipinski definition) is 4. The van der Waals surface area contributed by atoms with E-state index >= 15 is 0 Å². The molecule has 0 spiro atoms. The number of nitrogens with zero attached hydrogens (tertiary/aromatic N) is 1. The number of amides is 1. The van der Waals surface area contributed by atoms with Crippen LogP contribution in [0.1, 0.15) is 19.4 Å². The Morgan fingerprint density at radius 3 is 2.36 bits per heavy atom. The van der Waals surface area contributed by atoms with Crippen molar-refractivity contribution in [3.8, 4) is 5.75 Å². The number of carbonyl (C=O) groups excluding carboxylic acids is 1. The Labute approximate surface area is 175 Å². The van der Waals surface area contributed by atoms with Gasteiger partial charge in [0, 0.05) is 29.4 Å². The molecule has 2 aromatic carbocycles. The zero-order valence-corrected chi connectivity index (χ0v) is 17.4. The topological polar surface area (TPSA) is 50.8 Å². The highest BCUT2D eigenvalue weighted by atomic mass is 35.5. The maximum Gasteiger partial charge on any atom is 0.262 e. The molecule has 3 rings (SSSR count). The van der Waals surface area contributed by atoms with Crippen LogP contribution < -0.4 is 10.1 Å². The molecule has 0 bridgehead atoms. The van der Waals surface area contributed by atoms with E-state index in [0.29, 0.717) is 16.5 Å². The highest BCUT2D eigenvalue weighted by Gasteiger charge is 2.24. The number of anilines is 1. The highest BCUT2D eigenvalue weighted by molar-refractivity contribution is 7.80. The Morgan fingerprint density at radius 2 is 1.75 bits per heavy atom. The molecule has 148 valence electrons. The Hall–Kier alpha value is -2.15. The molecular formula is C21H23ClN2O3S. The number of hydrogen-bond donors (Lipinski definition) is 1. The molecule has 0 aliphatic carbocycles. The smallest absolute Gasteiger partial charge is 0.262 e. The Morgan fingerprint density at radius 1 is 1.14 bits per heavy atom. The standard InChI is InChI=1S/C21H23ClN2O3S/c1-14-11-24(12-15(2)27-14)21(28)16-3-9-19(10-4-16)26-13-20(25)23-18-7-5-17(22)6-8-18/h3-10,14-15H,11-13H2,1-2H3,(H,23,25)/t14-,15+. The lowest BCUT2D eigenvalue weighted by atomic mass is 10.1. The fraction of sp³-hybridized carbons (Fsp3) is 0.333. The first-order chi connectivity index (χ1) is 13.4. The van der Waals surface area contributed by atoms with Gasteiger partial charge in [0.2, 0.25) is 0 Å². The Balaban J connectivity index is 1.52. The van der Waals surface area contributed by atoms with E-state index < -0.39 is 0 Å². The molecule has 1 saturated heterocycles. The van der Waals surface area contributed by atoms with Crippen LogP contribution in [0.3, 0.4) is 0 Å². The van der Waals surface area contributed by atoms with Crippen LogP contribution in [0.5, 0.6) is 5.75 Å². The van der Waals surface area contributed by atoms with Gasteiger partial charge in [-0.3, -0.25) is 4.79 Å². The molecule has 1 fully saturated rings. The molecule has 5 nitrogen and oxygen atoms in total. The molecule has 1 amide bonds. The Bertz CT molecular complexity index is 817. The third-order valence-electron chi connectivity index (χ3n) is 4.31. The molecule has 1 aliphatic rings. The van der Waals surface area contributed by atoms with E-state index in [1.54, 1.807) is 24.3 Å². The van der Waals surface area contributed by atoms with Gasteiger partial charge in [-0.2, -0.15) is 0 Å². The lowest BCUT2D eigenvalue weighted by Crippen LogP contribution is -2.47. The van der Waals surface area contributed by atoms with Gasteiger partial charge in [0.1, 0.15) is 10.7 Å². The van der Waals surface area contributed by atoms with Gasteiger partial charge in [0.25, 0.3) is 5.91 Å². The molecule has 28 heavy (non-hydrogen) atoms. The van der Waals surface area contributed by atoms with Gasteiger partial charge >= 0.3 is 0 Å². The molecule has 2 atom stereocenters. The lowest BCUT2D eigenvalue weighted by molar-refractivity contribution is -0.118. The van der Waals surface area contributed by atoms with Gasteiger partial charge in [-0.15, -0.1) is 0 Å². The van der Waals surface area contributed by atoms with E-state index in [9.17, 15) is 4.79 Å². The van der Waals surface area contributed by atoms with Gasteiger partial charge < -0.3 is 19.7 Å². The summed E-state index contributed by atoms with van der Waals surface area (Å²) in [7, 11) is 0. The molecule has 2 aromatic rings. The monoisotopic (exact) mass is 418 g/mol. The maximum absolute atomic E-state index is 12.0. The zero-order chi connectivity index (χ0) is 20.1. The predicted molar refractivity (Wildman–Crippen MR) is 115 cm³/mol. The number of halogens is 1. The van der Waals surface area contributed by atoms with Crippen molar-refractivity contribution in [1.82, 2.24) is 4.90 Å². The highest BCUT2D eigenvalue weighted by Crippen LogP contribution is 2.18. The number of ether oxygens (including phenoxy) is 2.